The maximum Gasteiger partial charge on any atom is 0.106 e. The first-order chi connectivity index (χ1) is 9.83. The molecule has 1 fully saturated rings. The molecule has 1 aromatic heterocycles. The molecule has 1 aromatic carbocycles. The molecule has 0 aliphatic heterocycles. The Hall–Kier alpha value is -1.13. The molecule has 0 amide bonds. The molecular formula is C16H20BrN3. The minimum absolute atomic E-state index is 0.684. The molecule has 0 radical (unpaired) electrons. The Morgan fingerprint density at radius 2 is 2.15 bits per heavy atom. The van der Waals surface area contributed by atoms with Crippen molar-refractivity contribution in [3.8, 4) is 0 Å². The Balaban J connectivity index is 1.35. The Morgan fingerprint density at radius 3 is 2.90 bits per heavy atom. The van der Waals surface area contributed by atoms with Crippen LogP contribution in [0.1, 0.15) is 36.6 Å². The van der Waals surface area contributed by atoms with Gasteiger partial charge >= 0.3 is 0 Å². The number of hydrogen-bond acceptors (Lipinski definition) is 2. The Bertz CT molecular complexity index is 532. The molecule has 106 valence electrons. The number of nitrogens with one attached hydrogen (secondary N) is 2. The highest BCUT2D eigenvalue weighted by Crippen LogP contribution is 2.39. The number of imidazole rings is 1. The van der Waals surface area contributed by atoms with Crippen LogP contribution in [-0.2, 0) is 6.42 Å². The fourth-order valence-corrected chi connectivity index (χ4v) is 3.45. The van der Waals surface area contributed by atoms with Gasteiger partial charge in [-0.2, -0.15) is 0 Å². The third-order valence-corrected chi connectivity index (χ3v) is 4.78. The monoisotopic (exact) mass is 333 g/mol. The van der Waals surface area contributed by atoms with Crippen molar-refractivity contribution in [2.75, 3.05) is 6.54 Å². The van der Waals surface area contributed by atoms with Crippen molar-refractivity contribution < 1.29 is 0 Å². The standard InChI is InChI=1S/C16H20BrN3/c17-15-5-2-1-4-14(15)12-10-13(11-12)18-7-3-6-16-19-8-9-20-16/h1-2,4-5,8-9,12-13,18H,3,6-7,10-11H2,(H,19,20). The van der Waals surface area contributed by atoms with Gasteiger partial charge in [-0.15, -0.1) is 0 Å². The molecule has 0 bridgehead atoms. The summed E-state index contributed by atoms with van der Waals surface area (Å²) >= 11 is 3.65. The molecule has 1 saturated carbocycles. The average molecular weight is 334 g/mol. The number of rotatable bonds is 6. The van der Waals surface area contributed by atoms with Crippen LogP contribution in [0, 0.1) is 0 Å². The lowest BCUT2D eigenvalue weighted by molar-refractivity contribution is 0.290. The van der Waals surface area contributed by atoms with E-state index in [0.29, 0.717) is 12.0 Å². The van der Waals surface area contributed by atoms with Crippen molar-refractivity contribution in [3.63, 3.8) is 0 Å². The van der Waals surface area contributed by atoms with Gasteiger partial charge in [-0.3, -0.25) is 0 Å². The van der Waals surface area contributed by atoms with E-state index >= 15 is 0 Å². The highest BCUT2D eigenvalue weighted by Gasteiger charge is 2.30. The summed E-state index contributed by atoms with van der Waals surface area (Å²) in [5, 5.41) is 3.64. The van der Waals surface area contributed by atoms with Gasteiger partial charge in [-0.25, -0.2) is 4.98 Å². The summed E-state index contributed by atoms with van der Waals surface area (Å²) in [6, 6.07) is 9.27. The second-order valence-electron chi connectivity index (χ2n) is 5.48. The van der Waals surface area contributed by atoms with Crippen molar-refractivity contribution in [1.29, 1.82) is 0 Å². The summed E-state index contributed by atoms with van der Waals surface area (Å²) in [4.78, 5) is 7.38. The van der Waals surface area contributed by atoms with Gasteiger partial charge in [-0.05, 0) is 43.4 Å². The van der Waals surface area contributed by atoms with Crippen LogP contribution in [0.3, 0.4) is 0 Å². The van der Waals surface area contributed by atoms with E-state index in [1.807, 2.05) is 12.4 Å². The third kappa shape index (κ3) is 3.30. The molecule has 0 saturated heterocycles. The average Bonchev–Trinajstić information content (AvgIpc) is 2.91. The van der Waals surface area contributed by atoms with Gasteiger partial charge in [0, 0.05) is 29.3 Å². The zero-order valence-corrected chi connectivity index (χ0v) is 13.1. The molecule has 20 heavy (non-hydrogen) atoms. The van der Waals surface area contributed by atoms with Gasteiger partial charge in [0.2, 0.25) is 0 Å². The first-order valence-corrected chi connectivity index (χ1v) is 8.08. The summed E-state index contributed by atoms with van der Waals surface area (Å²) < 4.78 is 1.25. The van der Waals surface area contributed by atoms with E-state index in [9.17, 15) is 0 Å². The van der Waals surface area contributed by atoms with E-state index < -0.39 is 0 Å². The van der Waals surface area contributed by atoms with Crippen LogP contribution in [0.2, 0.25) is 0 Å². The topological polar surface area (TPSA) is 40.7 Å². The van der Waals surface area contributed by atoms with Gasteiger partial charge in [0.05, 0.1) is 0 Å². The van der Waals surface area contributed by atoms with Crippen molar-refractivity contribution in [2.24, 2.45) is 0 Å². The molecule has 0 unspecified atom stereocenters. The molecule has 2 aromatic rings. The van der Waals surface area contributed by atoms with Crippen LogP contribution in [0.15, 0.2) is 41.1 Å². The quantitative estimate of drug-likeness (QED) is 0.792. The van der Waals surface area contributed by atoms with E-state index in [-0.39, 0.29) is 0 Å². The number of aromatic nitrogens is 2. The van der Waals surface area contributed by atoms with Crippen LogP contribution in [-0.4, -0.2) is 22.6 Å². The van der Waals surface area contributed by atoms with E-state index in [2.05, 4.69) is 55.5 Å². The number of H-pyrrole nitrogens is 1. The predicted molar refractivity (Wildman–Crippen MR) is 84.8 cm³/mol. The lowest BCUT2D eigenvalue weighted by Crippen LogP contribution is -2.40. The third-order valence-electron chi connectivity index (χ3n) is 4.06. The maximum absolute atomic E-state index is 4.24. The lowest BCUT2D eigenvalue weighted by Gasteiger charge is -2.37. The molecule has 0 spiro atoms. The number of nitrogens with zero attached hydrogens (tertiary/aromatic N) is 1. The zero-order valence-electron chi connectivity index (χ0n) is 11.5. The summed E-state index contributed by atoms with van der Waals surface area (Å²) in [6.07, 6.45) is 8.38. The molecule has 0 atom stereocenters. The van der Waals surface area contributed by atoms with Gasteiger partial charge < -0.3 is 10.3 Å². The van der Waals surface area contributed by atoms with E-state index in [1.165, 1.54) is 22.9 Å². The number of aromatic amines is 1. The Morgan fingerprint density at radius 1 is 1.30 bits per heavy atom. The molecule has 4 heteroatoms. The molecule has 1 heterocycles. The highest BCUT2D eigenvalue weighted by molar-refractivity contribution is 9.10. The smallest absolute Gasteiger partial charge is 0.106 e. The molecule has 1 aliphatic rings. The van der Waals surface area contributed by atoms with Gasteiger partial charge in [0.25, 0.3) is 0 Å². The SMILES string of the molecule is Brc1ccccc1C1CC(NCCCc2ncc[nH]2)C1. The van der Waals surface area contributed by atoms with Gasteiger partial charge in [-0.1, -0.05) is 34.1 Å². The summed E-state index contributed by atoms with van der Waals surface area (Å²) in [6.45, 7) is 1.08. The zero-order chi connectivity index (χ0) is 13.8. The normalized spacial score (nSPS) is 21.6. The fourth-order valence-electron chi connectivity index (χ4n) is 2.84. The molecule has 1 aliphatic carbocycles. The molecular weight excluding hydrogens is 314 g/mol. The largest absolute Gasteiger partial charge is 0.349 e. The van der Waals surface area contributed by atoms with E-state index in [1.54, 1.807) is 0 Å². The van der Waals surface area contributed by atoms with Crippen molar-refractivity contribution in [3.05, 3.63) is 52.5 Å². The first-order valence-electron chi connectivity index (χ1n) is 7.29. The number of aryl methyl sites for hydroxylation is 1. The second-order valence-corrected chi connectivity index (χ2v) is 6.33. The van der Waals surface area contributed by atoms with Crippen LogP contribution in [0.5, 0.6) is 0 Å². The summed E-state index contributed by atoms with van der Waals surface area (Å²) in [7, 11) is 0. The van der Waals surface area contributed by atoms with E-state index in [0.717, 1.165) is 25.2 Å². The fraction of sp³-hybridized carbons (Fsp3) is 0.438. The van der Waals surface area contributed by atoms with Crippen LogP contribution < -0.4 is 5.32 Å². The summed E-state index contributed by atoms with van der Waals surface area (Å²) in [5.41, 5.74) is 1.46. The van der Waals surface area contributed by atoms with Crippen molar-refractivity contribution >= 4 is 15.9 Å². The van der Waals surface area contributed by atoms with Crippen molar-refractivity contribution in [2.45, 2.75) is 37.6 Å². The van der Waals surface area contributed by atoms with Gasteiger partial charge in [0.15, 0.2) is 0 Å². The Kier molecular flexibility index (Phi) is 4.53. The number of halogens is 1. The van der Waals surface area contributed by atoms with Crippen molar-refractivity contribution in [1.82, 2.24) is 15.3 Å². The second kappa shape index (κ2) is 6.55. The Labute approximate surface area is 128 Å². The molecule has 2 N–H and O–H groups in total. The first kappa shape index (κ1) is 13.8. The van der Waals surface area contributed by atoms with Crippen LogP contribution in [0.25, 0.3) is 0 Å². The van der Waals surface area contributed by atoms with E-state index in [4.69, 9.17) is 0 Å². The minimum atomic E-state index is 0.684. The van der Waals surface area contributed by atoms with Crippen LogP contribution >= 0.6 is 15.9 Å². The summed E-state index contributed by atoms with van der Waals surface area (Å²) in [5.74, 6) is 1.81. The molecule has 3 rings (SSSR count). The maximum atomic E-state index is 4.24. The van der Waals surface area contributed by atoms with Gasteiger partial charge in [0.1, 0.15) is 5.82 Å². The van der Waals surface area contributed by atoms with Crippen LogP contribution in [0.4, 0.5) is 0 Å². The minimum Gasteiger partial charge on any atom is -0.349 e. The molecule has 3 nitrogen and oxygen atoms in total. The predicted octanol–water partition coefficient (Wildman–Crippen LogP) is 3.64. The number of benzene rings is 1. The highest BCUT2D eigenvalue weighted by atomic mass is 79.9. The lowest BCUT2D eigenvalue weighted by atomic mass is 9.76. The number of hydrogen-bond donors (Lipinski definition) is 2.